The van der Waals surface area contributed by atoms with Gasteiger partial charge < -0.3 is 9.47 Å². The molecule has 0 spiro atoms. The fourth-order valence-electron chi connectivity index (χ4n) is 7.52. The molecule has 6 aromatic rings. The Balaban J connectivity index is 1.18. The van der Waals surface area contributed by atoms with Crippen LogP contribution in [0.15, 0.2) is 179 Å². The number of nitrogens with zero attached hydrogens (tertiary/aromatic N) is 2. The summed E-state index contributed by atoms with van der Waals surface area (Å²) in [4.78, 5) is 34.5. The largest absolute Gasteiger partial charge is 0.493 e. The van der Waals surface area contributed by atoms with E-state index >= 15 is 0 Å². The first-order valence-electron chi connectivity index (χ1n) is 19.6. The molecular formula is C51H44N2O4S4. The van der Waals surface area contributed by atoms with Gasteiger partial charge in [0, 0.05) is 32.7 Å². The van der Waals surface area contributed by atoms with Gasteiger partial charge in [0.2, 0.25) is 10.2 Å². The molecule has 6 aromatic carbocycles. The van der Waals surface area contributed by atoms with Gasteiger partial charge in [0.25, 0.3) is 0 Å². The Hall–Kier alpha value is -5.52. The second-order valence-corrected chi connectivity index (χ2v) is 17.3. The predicted octanol–water partition coefficient (Wildman–Crippen LogP) is 12.6. The van der Waals surface area contributed by atoms with Crippen molar-refractivity contribution in [1.29, 1.82) is 0 Å². The van der Waals surface area contributed by atoms with Crippen molar-refractivity contribution in [1.82, 2.24) is 0 Å². The summed E-state index contributed by atoms with van der Waals surface area (Å²) in [7, 11) is 0. The van der Waals surface area contributed by atoms with Crippen molar-refractivity contribution in [2.45, 2.75) is 29.1 Å². The van der Waals surface area contributed by atoms with Crippen LogP contribution in [0, 0.1) is 0 Å². The summed E-state index contributed by atoms with van der Waals surface area (Å²) in [6, 6.07) is 45.5. The number of rotatable bonds is 16. The van der Waals surface area contributed by atoms with Gasteiger partial charge in [0.05, 0.1) is 30.0 Å². The molecule has 0 amide bonds. The van der Waals surface area contributed by atoms with Gasteiger partial charge in [-0.2, -0.15) is 0 Å². The van der Waals surface area contributed by atoms with Crippen LogP contribution in [0.2, 0.25) is 0 Å². The van der Waals surface area contributed by atoms with Gasteiger partial charge >= 0.3 is 0 Å². The summed E-state index contributed by atoms with van der Waals surface area (Å²) in [5.41, 5.74) is 11.3. The van der Waals surface area contributed by atoms with E-state index in [1.807, 2.05) is 62.4 Å². The maximum atomic E-state index is 11.5. The molecule has 0 bridgehead atoms. The van der Waals surface area contributed by atoms with Crippen molar-refractivity contribution in [3.05, 3.63) is 192 Å². The van der Waals surface area contributed by atoms with Gasteiger partial charge in [0.1, 0.15) is 11.5 Å². The number of thiol groups is 2. The Morgan fingerprint density at radius 1 is 0.590 bits per heavy atom. The van der Waals surface area contributed by atoms with E-state index in [1.54, 1.807) is 0 Å². The number of carbonyl (C=O) groups excluding carboxylic acids is 2. The van der Waals surface area contributed by atoms with Gasteiger partial charge in [-0.05, 0) is 143 Å². The second-order valence-electron chi connectivity index (χ2n) is 14.1. The van der Waals surface area contributed by atoms with Gasteiger partial charge in [-0.15, -0.1) is 25.3 Å². The SMILES string of the molecule is C=CC(=O)SCCOc1ccc(C(C)=Nc2ccc(C3(c4ccc(N=C(C)c5ccc(OCCSC(=O)C=C)cc5)c(S)c4)c4ccccc4-c4ccccc43)cc2S)cc1. The van der Waals surface area contributed by atoms with Crippen LogP contribution >= 0.6 is 48.8 Å². The van der Waals surface area contributed by atoms with Crippen molar-refractivity contribution in [2.24, 2.45) is 9.98 Å². The van der Waals surface area contributed by atoms with E-state index in [1.165, 1.54) is 57.9 Å². The van der Waals surface area contributed by atoms with E-state index in [2.05, 4.69) is 98.1 Å². The van der Waals surface area contributed by atoms with E-state index in [4.69, 9.17) is 44.7 Å². The Morgan fingerprint density at radius 2 is 0.984 bits per heavy atom. The van der Waals surface area contributed by atoms with Gasteiger partial charge in [0.15, 0.2) is 0 Å². The lowest BCUT2D eigenvalue weighted by Crippen LogP contribution is -2.28. The lowest BCUT2D eigenvalue weighted by Gasteiger charge is -2.34. The molecule has 0 unspecified atom stereocenters. The van der Waals surface area contributed by atoms with Gasteiger partial charge in [-0.25, -0.2) is 0 Å². The molecule has 0 atom stereocenters. The summed E-state index contributed by atoms with van der Waals surface area (Å²) in [6.45, 7) is 11.8. The quantitative estimate of drug-likeness (QED) is 0.0436. The first-order valence-corrected chi connectivity index (χ1v) is 22.5. The molecule has 1 aliphatic rings. The van der Waals surface area contributed by atoms with Crippen LogP contribution in [0.25, 0.3) is 11.1 Å². The second kappa shape index (κ2) is 19.9. The minimum absolute atomic E-state index is 0.0629. The molecule has 10 heteroatoms. The van der Waals surface area contributed by atoms with Crippen LogP contribution in [0.3, 0.4) is 0 Å². The van der Waals surface area contributed by atoms with Gasteiger partial charge in [-0.3, -0.25) is 19.6 Å². The number of fused-ring (bicyclic) bond motifs is 3. The monoisotopic (exact) mass is 876 g/mol. The smallest absolute Gasteiger partial charge is 0.211 e. The third-order valence-electron chi connectivity index (χ3n) is 10.4. The summed E-state index contributed by atoms with van der Waals surface area (Å²) < 4.78 is 11.6. The number of hydrogen-bond donors (Lipinski definition) is 2. The van der Waals surface area contributed by atoms with Crippen molar-refractivity contribution in [3.8, 4) is 22.6 Å². The van der Waals surface area contributed by atoms with Crippen molar-refractivity contribution in [2.75, 3.05) is 24.7 Å². The maximum Gasteiger partial charge on any atom is 0.211 e. The fourth-order valence-corrected chi connectivity index (χ4v) is 9.02. The molecular weight excluding hydrogens is 833 g/mol. The van der Waals surface area contributed by atoms with Crippen LogP contribution in [0.1, 0.15) is 47.2 Å². The van der Waals surface area contributed by atoms with Crippen molar-refractivity contribution in [3.63, 3.8) is 0 Å². The van der Waals surface area contributed by atoms with Crippen LogP contribution in [0.5, 0.6) is 11.5 Å². The third kappa shape index (κ3) is 9.68. The topological polar surface area (TPSA) is 77.3 Å². The van der Waals surface area contributed by atoms with Gasteiger partial charge in [-0.1, -0.05) is 97.3 Å². The molecule has 0 N–H and O–H groups in total. The van der Waals surface area contributed by atoms with E-state index < -0.39 is 5.41 Å². The Morgan fingerprint density at radius 3 is 1.36 bits per heavy atom. The highest BCUT2D eigenvalue weighted by Gasteiger charge is 2.46. The molecule has 0 saturated carbocycles. The maximum absolute atomic E-state index is 11.5. The first-order chi connectivity index (χ1) is 29.6. The lowest BCUT2D eigenvalue weighted by molar-refractivity contribution is -0.107. The molecule has 1 aliphatic carbocycles. The molecule has 0 fully saturated rings. The normalized spacial score (nSPS) is 12.9. The van der Waals surface area contributed by atoms with Crippen molar-refractivity contribution < 1.29 is 19.1 Å². The highest BCUT2D eigenvalue weighted by Crippen LogP contribution is 2.57. The van der Waals surface area contributed by atoms with Crippen LogP contribution < -0.4 is 9.47 Å². The van der Waals surface area contributed by atoms with E-state index in [0.717, 1.165) is 66.3 Å². The highest BCUT2D eigenvalue weighted by molar-refractivity contribution is 8.14. The molecule has 0 aromatic heterocycles. The Labute approximate surface area is 377 Å². The minimum Gasteiger partial charge on any atom is -0.493 e. The number of carbonyl (C=O) groups is 2. The number of hydrogen-bond acceptors (Lipinski definition) is 10. The predicted molar refractivity (Wildman–Crippen MR) is 261 cm³/mol. The zero-order valence-electron chi connectivity index (χ0n) is 33.8. The summed E-state index contributed by atoms with van der Waals surface area (Å²) in [5.74, 6) is 2.57. The van der Waals surface area contributed by atoms with E-state index in [-0.39, 0.29) is 10.2 Å². The number of benzene rings is 6. The Kier molecular flexibility index (Phi) is 14.2. The molecule has 306 valence electrons. The molecule has 0 heterocycles. The number of aliphatic imine (C=N–C) groups is 2. The average molecular weight is 877 g/mol. The molecule has 7 rings (SSSR count). The molecule has 0 radical (unpaired) electrons. The fraction of sp³-hybridized carbons (Fsp3) is 0.137. The highest BCUT2D eigenvalue weighted by atomic mass is 32.2. The van der Waals surface area contributed by atoms with Crippen LogP contribution in [-0.4, -0.2) is 46.4 Å². The Bertz CT molecular complexity index is 2490. The van der Waals surface area contributed by atoms with Crippen molar-refractivity contribution >= 4 is 81.8 Å². The third-order valence-corrected chi connectivity index (χ3v) is 12.8. The lowest BCUT2D eigenvalue weighted by atomic mass is 9.67. The van der Waals surface area contributed by atoms with Crippen LogP contribution in [-0.2, 0) is 15.0 Å². The zero-order chi connectivity index (χ0) is 42.9. The number of ether oxygens (including phenoxy) is 2. The van der Waals surface area contributed by atoms with E-state index in [9.17, 15) is 9.59 Å². The minimum atomic E-state index is -0.669. The molecule has 0 saturated heterocycles. The van der Waals surface area contributed by atoms with E-state index in [0.29, 0.717) is 24.7 Å². The first kappa shape index (κ1) is 43.6. The molecule has 61 heavy (non-hydrogen) atoms. The van der Waals surface area contributed by atoms with Crippen LogP contribution in [0.4, 0.5) is 11.4 Å². The summed E-state index contributed by atoms with van der Waals surface area (Å²) >= 11 is 12.5. The summed E-state index contributed by atoms with van der Waals surface area (Å²) in [5, 5.41) is -0.126. The average Bonchev–Trinajstić information content (AvgIpc) is 3.59. The standard InChI is InChI=1S/C51H44N2O4S4/c1-5-49(54)60-29-27-56-39-21-15-35(16-22-39)33(3)52-45-25-19-37(31-47(45)58)51(43-13-9-7-11-41(43)42-12-8-10-14-44(42)51)38-20-26-46(48(59)32-38)53-34(4)36-17-23-40(24-18-36)57-28-30-61-50(55)6-2/h5-26,31-32,58-59H,1-2,27-30H2,3-4H3. The summed E-state index contributed by atoms with van der Waals surface area (Å²) in [6.07, 6.45) is 2.62. The molecule has 0 aliphatic heterocycles. The number of thioether (sulfide) groups is 2. The molecule has 6 nitrogen and oxygen atoms in total. The zero-order valence-corrected chi connectivity index (χ0v) is 37.3.